The van der Waals surface area contributed by atoms with Crippen molar-refractivity contribution in [2.75, 3.05) is 45.5 Å². The minimum Gasteiger partial charge on any atom is -0.382 e. The molecule has 7 heteroatoms. The van der Waals surface area contributed by atoms with E-state index < -0.39 is 0 Å². The average Bonchev–Trinajstić information content (AvgIpc) is 3.04. The van der Waals surface area contributed by atoms with Crippen LogP contribution in [0.25, 0.3) is 16.9 Å². The second-order valence-corrected chi connectivity index (χ2v) is 7.14. The Bertz CT molecular complexity index is 871. The highest BCUT2D eigenvalue weighted by molar-refractivity contribution is 5.84. The van der Waals surface area contributed by atoms with Crippen molar-refractivity contribution in [3.63, 3.8) is 0 Å². The van der Waals surface area contributed by atoms with E-state index in [0.29, 0.717) is 5.82 Å². The van der Waals surface area contributed by atoms with Gasteiger partial charge in [-0.25, -0.2) is 9.50 Å². The molecule has 0 atom stereocenters. The van der Waals surface area contributed by atoms with E-state index in [-0.39, 0.29) is 0 Å². The first kappa shape index (κ1) is 20.2. The van der Waals surface area contributed by atoms with Gasteiger partial charge in [0.05, 0.1) is 11.3 Å². The molecule has 3 aromatic heterocycles. The SMILES string of the molecule is CCN(CC)CCN(C)CCCc1cnc2c(-c3ccccn3)c(N)nn2c1. The molecule has 0 bridgehead atoms. The summed E-state index contributed by atoms with van der Waals surface area (Å²) < 4.78 is 1.78. The quantitative estimate of drug-likeness (QED) is 0.582. The van der Waals surface area contributed by atoms with Gasteiger partial charge in [0, 0.05) is 31.7 Å². The Morgan fingerprint density at radius 2 is 1.89 bits per heavy atom. The van der Waals surface area contributed by atoms with E-state index >= 15 is 0 Å². The fourth-order valence-electron chi connectivity index (χ4n) is 3.39. The fraction of sp³-hybridized carbons (Fsp3) is 0.476. The molecule has 0 aliphatic heterocycles. The van der Waals surface area contributed by atoms with Crippen LogP contribution < -0.4 is 5.73 Å². The Hall–Kier alpha value is -2.51. The fourth-order valence-corrected chi connectivity index (χ4v) is 3.39. The smallest absolute Gasteiger partial charge is 0.166 e. The Morgan fingerprint density at radius 1 is 1.07 bits per heavy atom. The molecule has 0 fully saturated rings. The van der Waals surface area contributed by atoms with Gasteiger partial charge in [-0.05, 0) is 57.2 Å². The Morgan fingerprint density at radius 3 is 2.61 bits per heavy atom. The van der Waals surface area contributed by atoms with Crippen molar-refractivity contribution in [2.45, 2.75) is 26.7 Å². The van der Waals surface area contributed by atoms with Crippen molar-refractivity contribution in [1.29, 1.82) is 0 Å². The zero-order valence-corrected chi connectivity index (χ0v) is 17.2. The van der Waals surface area contributed by atoms with Gasteiger partial charge >= 0.3 is 0 Å². The first-order valence-electron chi connectivity index (χ1n) is 10.1. The molecule has 3 rings (SSSR count). The maximum atomic E-state index is 6.13. The highest BCUT2D eigenvalue weighted by atomic mass is 15.3. The molecule has 3 heterocycles. The van der Waals surface area contributed by atoms with Crippen molar-refractivity contribution in [1.82, 2.24) is 29.4 Å². The normalized spacial score (nSPS) is 11.8. The zero-order chi connectivity index (χ0) is 19.9. The van der Waals surface area contributed by atoms with Crippen LogP contribution in [0, 0.1) is 0 Å². The van der Waals surface area contributed by atoms with E-state index in [2.05, 4.69) is 45.8 Å². The van der Waals surface area contributed by atoms with E-state index in [9.17, 15) is 0 Å². The second-order valence-electron chi connectivity index (χ2n) is 7.14. The van der Waals surface area contributed by atoms with Crippen LogP contribution in [0.3, 0.4) is 0 Å². The number of rotatable bonds is 10. The van der Waals surface area contributed by atoms with Gasteiger partial charge < -0.3 is 15.5 Å². The van der Waals surface area contributed by atoms with Crippen molar-refractivity contribution >= 4 is 11.5 Å². The van der Waals surface area contributed by atoms with Crippen LogP contribution in [0.4, 0.5) is 5.82 Å². The first-order chi connectivity index (χ1) is 13.6. The predicted molar refractivity (Wildman–Crippen MR) is 114 cm³/mol. The van der Waals surface area contributed by atoms with Gasteiger partial charge in [0.25, 0.3) is 0 Å². The number of aromatic nitrogens is 4. The molecule has 28 heavy (non-hydrogen) atoms. The van der Waals surface area contributed by atoms with Gasteiger partial charge in [-0.15, -0.1) is 5.10 Å². The Labute approximate surface area is 167 Å². The second kappa shape index (κ2) is 9.61. The van der Waals surface area contributed by atoms with Crippen LogP contribution >= 0.6 is 0 Å². The van der Waals surface area contributed by atoms with Crippen molar-refractivity contribution in [3.05, 3.63) is 42.4 Å². The summed E-state index contributed by atoms with van der Waals surface area (Å²) in [6.45, 7) is 9.95. The molecule has 0 saturated carbocycles. The lowest BCUT2D eigenvalue weighted by Gasteiger charge is -2.22. The van der Waals surface area contributed by atoms with E-state index in [1.54, 1.807) is 10.7 Å². The number of nitrogens with zero attached hydrogens (tertiary/aromatic N) is 6. The number of anilines is 1. The summed E-state index contributed by atoms with van der Waals surface area (Å²) in [5.74, 6) is 0.458. The molecule has 0 saturated heterocycles. The van der Waals surface area contributed by atoms with Gasteiger partial charge in [-0.1, -0.05) is 19.9 Å². The van der Waals surface area contributed by atoms with Crippen LogP contribution in [-0.2, 0) is 6.42 Å². The summed E-state index contributed by atoms with van der Waals surface area (Å²) in [6.07, 6.45) is 7.77. The molecule has 0 unspecified atom stereocenters. The van der Waals surface area contributed by atoms with Crippen LogP contribution in [0.5, 0.6) is 0 Å². The lowest BCUT2D eigenvalue weighted by atomic mass is 10.1. The average molecular weight is 382 g/mol. The van der Waals surface area contributed by atoms with Crippen LogP contribution in [0.2, 0.25) is 0 Å². The Balaban J connectivity index is 1.60. The molecule has 0 aliphatic carbocycles. The lowest BCUT2D eigenvalue weighted by molar-refractivity contribution is 0.239. The third-order valence-electron chi connectivity index (χ3n) is 5.17. The molecule has 0 aliphatic rings. The van der Waals surface area contributed by atoms with Crippen molar-refractivity contribution in [3.8, 4) is 11.3 Å². The summed E-state index contributed by atoms with van der Waals surface area (Å²) in [5.41, 5.74) is 9.64. The summed E-state index contributed by atoms with van der Waals surface area (Å²) >= 11 is 0. The van der Waals surface area contributed by atoms with Crippen LogP contribution in [0.1, 0.15) is 25.8 Å². The molecular formula is C21H31N7. The van der Waals surface area contributed by atoms with E-state index in [4.69, 9.17) is 5.73 Å². The molecule has 3 aromatic rings. The first-order valence-corrected chi connectivity index (χ1v) is 10.1. The highest BCUT2D eigenvalue weighted by Crippen LogP contribution is 2.27. The Kier molecular flexibility index (Phi) is 6.95. The van der Waals surface area contributed by atoms with Gasteiger partial charge in [0.1, 0.15) is 0 Å². The molecule has 0 aromatic carbocycles. The molecular weight excluding hydrogens is 350 g/mol. The molecule has 7 nitrogen and oxygen atoms in total. The number of fused-ring (bicyclic) bond motifs is 1. The minimum absolute atomic E-state index is 0.458. The molecule has 0 amide bonds. The standard InChI is InChI=1S/C21H31N7/c1-4-27(5-2)14-13-26(3)12-8-9-17-15-24-21-19(18-10-6-7-11-23-18)20(22)25-28(21)16-17/h6-7,10-11,15-16H,4-5,8-9,12-14H2,1-3H3,(H2,22,25). The van der Waals surface area contributed by atoms with Crippen LogP contribution in [0.15, 0.2) is 36.8 Å². The van der Waals surface area contributed by atoms with Crippen molar-refractivity contribution in [2.24, 2.45) is 0 Å². The molecule has 150 valence electrons. The lowest BCUT2D eigenvalue weighted by Crippen LogP contribution is -2.33. The third kappa shape index (κ3) is 4.85. The summed E-state index contributed by atoms with van der Waals surface area (Å²) in [7, 11) is 2.19. The maximum absolute atomic E-state index is 6.13. The maximum Gasteiger partial charge on any atom is 0.166 e. The number of nitrogen functional groups attached to an aromatic ring is 1. The third-order valence-corrected chi connectivity index (χ3v) is 5.17. The minimum atomic E-state index is 0.458. The number of nitrogens with two attached hydrogens (primary N) is 1. The number of aryl methyl sites for hydroxylation is 1. The van der Waals surface area contributed by atoms with Gasteiger partial charge in [-0.3, -0.25) is 4.98 Å². The van der Waals surface area contributed by atoms with E-state index in [1.807, 2.05) is 30.6 Å². The summed E-state index contributed by atoms with van der Waals surface area (Å²) in [5, 5.41) is 4.44. The zero-order valence-electron chi connectivity index (χ0n) is 17.2. The molecule has 0 radical (unpaired) electrons. The number of hydrogen-bond donors (Lipinski definition) is 1. The topological polar surface area (TPSA) is 75.6 Å². The molecule has 2 N–H and O–H groups in total. The number of likely N-dealkylation sites (N-methyl/N-ethyl adjacent to an activating group) is 2. The van der Waals surface area contributed by atoms with Gasteiger partial charge in [-0.2, -0.15) is 0 Å². The van der Waals surface area contributed by atoms with E-state index in [1.165, 1.54) is 5.56 Å². The largest absolute Gasteiger partial charge is 0.382 e. The highest BCUT2D eigenvalue weighted by Gasteiger charge is 2.15. The van der Waals surface area contributed by atoms with Gasteiger partial charge in [0.2, 0.25) is 0 Å². The number of hydrogen-bond acceptors (Lipinski definition) is 6. The number of pyridine rings is 1. The van der Waals surface area contributed by atoms with Crippen molar-refractivity contribution < 1.29 is 0 Å². The summed E-state index contributed by atoms with van der Waals surface area (Å²) in [4.78, 5) is 13.9. The van der Waals surface area contributed by atoms with Gasteiger partial charge in [0.15, 0.2) is 11.5 Å². The predicted octanol–water partition coefficient (Wildman–Crippen LogP) is 2.58. The monoisotopic (exact) mass is 381 g/mol. The molecule has 0 spiro atoms. The van der Waals surface area contributed by atoms with Crippen LogP contribution in [-0.4, -0.2) is 69.2 Å². The van der Waals surface area contributed by atoms with E-state index in [0.717, 1.165) is 62.5 Å². The summed E-state index contributed by atoms with van der Waals surface area (Å²) in [6, 6.07) is 5.75.